The van der Waals surface area contributed by atoms with Crippen molar-refractivity contribution >= 4 is 17.4 Å². The van der Waals surface area contributed by atoms with Crippen LogP contribution in [0.1, 0.15) is 91.5 Å². The van der Waals surface area contributed by atoms with Gasteiger partial charge in [-0.25, -0.2) is 0 Å². The Morgan fingerprint density at radius 2 is 1.42 bits per heavy atom. The summed E-state index contributed by atoms with van der Waals surface area (Å²) in [5, 5.41) is 3.74. The van der Waals surface area contributed by atoms with Crippen LogP contribution in [0.5, 0.6) is 0 Å². The van der Waals surface area contributed by atoms with Gasteiger partial charge in [0.05, 0.1) is 0 Å². The third-order valence-electron chi connectivity index (χ3n) is 7.35. The largest absolute Gasteiger partial charge is 0.385 e. The first-order valence-corrected chi connectivity index (χ1v) is 14.4. The van der Waals surface area contributed by atoms with Crippen molar-refractivity contribution in [3.63, 3.8) is 0 Å². The third-order valence-corrected chi connectivity index (χ3v) is 8.09. The number of hydrogen-bond donors (Lipinski definition) is 1. The SMILES string of the molecule is CCC(C)(C)CCCC(CCCCC(C)(C)Cc1ccccc1)CNc1ccc(SC)cc1. The van der Waals surface area contributed by atoms with Gasteiger partial charge in [0.25, 0.3) is 0 Å². The molecule has 0 saturated carbocycles. The van der Waals surface area contributed by atoms with Gasteiger partial charge in [-0.3, -0.25) is 0 Å². The molecule has 2 aromatic rings. The van der Waals surface area contributed by atoms with Crippen LogP contribution in [0.2, 0.25) is 0 Å². The number of unbranched alkanes of at least 4 members (excludes halogenated alkanes) is 1. The Balaban J connectivity index is 1.82. The molecule has 1 nitrogen and oxygen atoms in total. The first-order chi connectivity index (χ1) is 15.7. The Kier molecular flexibility index (Phi) is 11.9. The quantitative estimate of drug-likeness (QED) is 0.195. The van der Waals surface area contributed by atoms with Crippen LogP contribution < -0.4 is 5.32 Å². The molecule has 2 heteroatoms. The van der Waals surface area contributed by atoms with E-state index in [2.05, 4.69) is 101 Å². The molecule has 0 aliphatic heterocycles. The van der Waals surface area contributed by atoms with E-state index in [1.54, 1.807) is 11.8 Å². The highest BCUT2D eigenvalue weighted by atomic mass is 32.2. The second kappa shape index (κ2) is 14.1. The first kappa shape index (κ1) is 27.8. The van der Waals surface area contributed by atoms with E-state index in [0.29, 0.717) is 10.8 Å². The molecule has 0 radical (unpaired) electrons. The fraction of sp³-hybridized carbons (Fsp3) is 0.613. The van der Waals surface area contributed by atoms with Gasteiger partial charge < -0.3 is 5.32 Å². The molecule has 0 amide bonds. The van der Waals surface area contributed by atoms with Crippen LogP contribution in [0.25, 0.3) is 0 Å². The zero-order valence-corrected chi connectivity index (χ0v) is 23.1. The Hall–Kier alpha value is -1.41. The summed E-state index contributed by atoms with van der Waals surface area (Å²) in [6.07, 6.45) is 13.9. The topological polar surface area (TPSA) is 12.0 Å². The van der Waals surface area contributed by atoms with E-state index in [4.69, 9.17) is 0 Å². The Morgan fingerprint density at radius 1 is 0.788 bits per heavy atom. The highest BCUT2D eigenvalue weighted by Gasteiger charge is 2.19. The Morgan fingerprint density at radius 3 is 2.06 bits per heavy atom. The molecular formula is C31H49NS. The second-order valence-electron chi connectivity index (χ2n) is 11.5. The van der Waals surface area contributed by atoms with Gasteiger partial charge >= 0.3 is 0 Å². The van der Waals surface area contributed by atoms with Gasteiger partial charge in [0, 0.05) is 17.1 Å². The van der Waals surface area contributed by atoms with Gasteiger partial charge in [0.2, 0.25) is 0 Å². The minimum absolute atomic E-state index is 0.374. The molecule has 33 heavy (non-hydrogen) atoms. The minimum atomic E-state index is 0.374. The molecule has 0 saturated heterocycles. The summed E-state index contributed by atoms with van der Waals surface area (Å²) in [5.41, 5.74) is 3.58. The summed E-state index contributed by atoms with van der Waals surface area (Å²) in [5.74, 6) is 0.759. The van der Waals surface area contributed by atoms with Gasteiger partial charge in [-0.05, 0) is 84.9 Å². The van der Waals surface area contributed by atoms with Crippen molar-refractivity contribution in [2.75, 3.05) is 18.1 Å². The monoisotopic (exact) mass is 467 g/mol. The van der Waals surface area contributed by atoms with Crippen LogP contribution in [0.4, 0.5) is 5.69 Å². The zero-order chi connectivity index (χ0) is 24.2. The van der Waals surface area contributed by atoms with Crippen molar-refractivity contribution in [1.82, 2.24) is 0 Å². The zero-order valence-electron chi connectivity index (χ0n) is 22.3. The molecule has 0 heterocycles. The van der Waals surface area contributed by atoms with Crippen molar-refractivity contribution in [3.8, 4) is 0 Å². The molecule has 184 valence electrons. The smallest absolute Gasteiger partial charge is 0.0341 e. The number of anilines is 1. The Bertz CT molecular complexity index is 763. The average molecular weight is 468 g/mol. The van der Waals surface area contributed by atoms with Crippen LogP contribution in [0.15, 0.2) is 59.5 Å². The normalized spacial score (nSPS) is 13.2. The molecular weight excluding hydrogens is 418 g/mol. The number of thioether (sulfide) groups is 1. The van der Waals surface area contributed by atoms with E-state index < -0.39 is 0 Å². The van der Waals surface area contributed by atoms with Crippen molar-refractivity contribution in [3.05, 3.63) is 60.2 Å². The number of benzene rings is 2. The summed E-state index contributed by atoms with van der Waals surface area (Å²) in [6.45, 7) is 13.1. The molecule has 2 rings (SSSR count). The number of rotatable bonds is 16. The standard InChI is InChI=1S/C31H49NS/c1-7-30(2,3)23-13-17-27(25-32-28-18-20-29(33-6)21-19-28)16-11-12-22-31(4,5)24-26-14-9-8-10-15-26/h8-10,14-15,18-21,27,32H,7,11-13,16-17,22-25H2,1-6H3. The van der Waals surface area contributed by atoms with E-state index >= 15 is 0 Å². The Labute approximate surface area is 209 Å². The molecule has 1 N–H and O–H groups in total. The lowest BCUT2D eigenvalue weighted by Gasteiger charge is -2.26. The summed E-state index contributed by atoms with van der Waals surface area (Å²) in [4.78, 5) is 1.33. The van der Waals surface area contributed by atoms with E-state index in [0.717, 1.165) is 12.5 Å². The maximum Gasteiger partial charge on any atom is 0.0341 e. The maximum absolute atomic E-state index is 3.74. The van der Waals surface area contributed by atoms with Gasteiger partial charge in [-0.2, -0.15) is 0 Å². The van der Waals surface area contributed by atoms with Gasteiger partial charge in [-0.1, -0.05) is 90.6 Å². The van der Waals surface area contributed by atoms with Crippen LogP contribution in [0, 0.1) is 16.7 Å². The van der Waals surface area contributed by atoms with Crippen LogP contribution >= 0.6 is 11.8 Å². The summed E-state index contributed by atoms with van der Waals surface area (Å²) < 4.78 is 0. The average Bonchev–Trinajstić information content (AvgIpc) is 2.80. The fourth-order valence-electron chi connectivity index (χ4n) is 4.64. The van der Waals surface area contributed by atoms with E-state index in [1.807, 2.05) is 0 Å². The van der Waals surface area contributed by atoms with Crippen LogP contribution in [0.3, 0.4) is 0 Å². The highest BCUT2D eigenvalue weighted by Crippen LogP contribution is 2.31. The third kappa shape index (κ3) is 11.5. The summed E-state index contributed by atoms with van der Waals surface area (Å²) in [6, 6.07) is 19.9. The predicted molar refractivity (Wildman–Crippen MR) is 151 cm³/mol. The van der Waals surface area contributed by atoms with Crippen molar-refractivity contribution < 1.29 is 0 Å². The second-order valence-corrected chi connectivity index (χ2v) is 12.3. The lowest BCUT2D eigenvalue weighted by atomic mass is 9.80. The fourth-order valence-corrected chi connectivity index (χ4v) is 5.05. The molecule has 0 spiro atoms. The van der Waals surface area contributed by atoms with E-state index in [-0.39, 0.29) is 0 Å². The van der Waals surface area contributed by atoms with Crippen LogP contribution in [-0.4, -0.2) is 12.8 Å². The lowest BCUT2D eigenvalue weighted by molar-refractivity contribution is 0.287. The van der Waals surface area contributed by atoms with Gasteiger partial charge in [0.1, 0.15) is 0 Å². The molecule has 0 bridgehead atoms. The summed E-state index contributed by atoms with van der Waals surface area (Å²) in [7, 11) is 0. The molecule has 0 fully saturated rings. The highest BCUT2D eigenvalue weighted by molar-refractivity contribution is 7.98. The molecule has 2 aromatic carbocycles. The predicted octanol–water partition coefficient (Wildman–Crippen LogP) is 9.87. The number of hydrogen-bond acceptors (Lipinski definition) is 2. The summed E-state index contributed by atoms with van der Waals surface area (Å²) >= 11 is 1.81. The molecule has 1 unspecified atom stereocenters. The lowest BCUT2D eigenvalue weighted by Crippen LogP contribution is -2.17. The van der Waals surface area contributed by atoms with Gasteiger partial charge in [-0.15, -0.1) is 11.8 Å². The van der Waals surface area contributed by atoms with Crippen molar-refractivity contribution in [2.24, 2.45) is 16.7 Å². The minimum Gasteiger partial charge on any atom is -0.385 e. The molecule has 0 aliphatic carbocycles. The first-order valence-electron chi connectivity index (χ1n) is 13.1. The molecule has 0 aliphatic rings. The maximum atomic E-state index is 3.74. The van der Waals surface area contributed by atoms with Crippen LogP contribution in [-0.2, 0) is 6.42 Å². The molecule has 1 atom stereocenters. The molecule has 0 aromatic heterocycles. The van der Waals surface area contributed by atoms with E-state index in [1.165, 1.54) is 73.9 Å². The van der Waals surface area contributed by atoms with E-state index in [9.17, 15) is 0 Å². The van der Waals surface area contributed by atoms with Crippen molar-refractivity contribution in [2.45, 2.75) is 97.3 Å². The number of nitrogens with one attached hydrogen (secondary N) is 1. The van der Waals surface area contributed by atoms with Crippen molar-refractivity contribution in [1.29, 1.82) is 0 Å². The van der Waals surface area contributed by atoms with Gasteiger partial charge in [0.15, 0.2) is 0 Å².